The third-order valence-corrected chi connectivity index (χ3v) is 5.30. The summed E-state index contributed by atoms with van der Waals surface area (Å²) in [5.41, 5.74) is 3.49. The molecule has 0 bridgehead atoms. The monoisotopic (exact) mass is 379 g/mol. The molecule has 2 heterocycles. The minimum Gasteiger partial charge on any atom is -0.497 e. The van der Waals surface area contributed by atoms with Crippen molar-refractivity contribution in [2.24, 2.45) is 0 Å². The van der Waals surface area contributed by atoms with Gasteiger partial charge in [-0.15, -0.1) is 0 Å². The van der Waals surface area contributed by atoms with E-state index in [0.29, 0.717) is 12.1 Å². The van der Waals surface area contributed by atoms with E-state index in [-0.39, 0.29) is 5.91 Å². The Morgan fingerprint density at radius 2 is 2.00 bits per heavy atom. The van der Waals surface area contributed by atoms with Gasteiger partial charge in [0.1, 0.15) is 17.3 Å². The summed E-state index contributed by atoms with van der Waals surface area (Å²) in [6.45, 7) is 1.37. The van der Waals surface area contributed by atoms with Crippen LogP contribution in [0.15, 0.2) is 36.4 Å². The Morgan fingerprint density at radius 1 is 1.11 bits per heavy atom. The van der Waals surface area contributed by atoms with Crippen molar-refractivity contribution >= 4 is 16.9 Å². The van der Waals surface area contributed by atoms with Crippen LogP contribution in [0.25, 0.3) is 11.0 Å². The van der Waals surface area contributed by atoms with E-state index in [4.69, 9.17) is 14.5 Å². The number of nitrogens with one attached hydrogen (secondary N) is 1. The van der Waals surface area contributed by atoms with Gasteiger partial charge in [0.05, 0.1) is 25.3 Å². The Hall–Kier alpha value is -3.02. The van der Waals surface area contributed by atoms with Crippen LogP contribution in [0, 0.1) is 0 Å². The topological polar surface area (TPSA) is 65.4 Å². The number of benzene rings is 2. The summed E-state index contributed by atoms with van der Waals surface area (Å²) in [5.74, 6) is 2.45. The van der Waals surface area contributed by atoms with E-state index in [1.54, 1.807) is 14.2 Å². The Morgan fingerprint density at radius 3 is 2.82 bits per heavy atom. The standard InChI is InChI=1S/C22H25N3O3/c1-27-17-8-10-20(28-2)16(12-17)14-23-22(26)15-7-9-19-18(13-15)24-21-6-4-3-5-11-25(19)21/h7-10,12-13H,3-6,11,14H2,1-2H3,(H,23,26). The summed E-state index contributed by atoms with van der Waals surface area (Å²) in [5, 5.41) is 2.97. The SMILES string of the molecule is COc1ccc(OC)c(CNC(=O)c2ccc3c(c2)nc2n3CCCCC2)c1. The highest BCUT2D eigenvalue weighted by Gasteiger charge is 2.15. The molecule has 0 atom stereocenters. The van der Waals surface area contributed by atoms with Gasteiger partial charge in [0.2, 0.25) is 0 Å². The van der Waals surface area contributed by atoms with Gasteiger partial charge in [0, 0.05) is 30.6 Å². The first kappa shape index (κ1) is 18.3. The van der Waals surface area contributed by atoms with Crippen molar-refractivity contribution in [1.29, 1.82) is 0 Å². The summed E-state index contributed by atoms with van der Waals surface area (Å²) >= 11 is 0. The molecule has 0 radical (unpaired) electrons. The van der Waals surface area contributed by atoms with Crippen molar-refractivity contribution in [2.45, 2.75) is 38.8 Å². The third-order valence-electron chi connectivity index (χ3n) is 5.30. The summed E-state index contributed by atoms with van der Waals surface area (Å²) in [6, 6.07) is 11.3. The fraction of sp³-hybridized carbons (Fsp3) is 0.364. The zero-order valence-corrected chi connectivity index (χ0v) is 16.3. The molecule has 0 unspecified atom stereocenters. The summed E-state index contributed by atoms with van der Waals surface area (Å²) < 4.78 is 12.9. The number of aromatic nitrogens is 2. The summed E-state index contributed by atoms with van der Waals surface area (Å²) in [7, 11) is 3.23. The molecule has 6 nitrogen and oxygen atoms in total. The van der Waals surface area contributed by atoms with Gasteiger partial charge < -0.3 is 19.4 Å². The largest absolute Gasteiger partial charge is 0.497 e. The van der Waals surface area contributed by atoms with E-state index in [0.717, 1.165) is 46.9 Å². The summed E-state index contributed by atoms with van der Waals surface area (Å²) in [4.78, 5) is 17.5. The molecule has 1 aliphatic rings. The lowest BCUT2D eigenvalue weighted by Gasteiger charge is -2.11. The molecule has 146 valence electrons. The molecule has 3 aromatic rings. The van der Waals surface area contributed by atoms with Crippen molar-refractivity contribution in [3.63, 3.8) is 0 Å². The third kappa shape index (κ3) is 3.54. The highest BCUT2D eigenvalue weighted by molar-refractivity contribution is 5.97. The fourth-order valence-electron chi connectivity index (χ4n) is 3.79. The predicted octanol–water partition coefficient (Wildman–Crippen LogP) is 3.71. The molecule has 1 aromatic heterocycles. The van der Waals surface area contributed by atoms with E-state index < -0.39 is 0 Å². The number of hydrogen-bond acceptors (Lipinski definition) is 4. The maximum Gasteiger partial charge on any atom is 0.251 e. The van der Waals surface area contributed by atoms with Crippen molar-refractivity contribution in [3.05, 3.63) is 53.3 Å². The Bertz CT molecular complexity index is 1010. The first-order valence-corrected chi connectivity index (χ1v) is 9.68. The number of carbonyl (C=O) groups is 1. The van der Waals surface area contributed by atoms with Gasteiger partial charge in [0.25, 0.3) is 5.91 Å². The van der Waals surface area contributed by atoms with Crippen molar-refractivity contribution < 1.29 is 14.3 Å². The number of imidazole rings is 1. The van der Waals surface area contributed by atoms with Crippen LogP contribution < -0.4 is 14.8 Å². The Labute approximate surface area is 164 Å². The van der Waals surface area contributed by atoms with E-state index in [9.17, 15) is 4.79 Å². The molecule has 6 heteroatoms. The highest BCUT2D eigenvalue weighted by Crippen LogP contribution is 2.25. The molecule has 0 spiro atoms. The molecule has 28 heavy (non-hydrogen) atoms. The van der Waals surface area contributed by atoms with E-state index in [1.807, 2.05) is 36.4 Å². The van der Waals surface area contributed by atoms with Crippen molar-refractivity contribution in [2.75, 3.05) is 14.2 Å². The molecule has 0 fully saturated rings. The maximum atomic E-state index is 12.7. The number of nitrogens with zero attached hydrogens (tertiary/aromatic N) is 2. The lowest BCUT2D eigenvalue weighted by Crippen LogP contribution is -2.23. The number of hydrogen-bond donors (Lipinski definition) is 1. The zero-order valence-electron chi connectivity index (χ0n) is 16.3. The van der Waals surface area contributed by atoms with Crippen molar-refractivity contribution in [3.8, 4) is 11.5 Å². The van der Waals surface area contributed by atoms with Crippen LogP contribution >= 0.6 is 0 Å². The number of fused-ring (bicyclic) bond motifs is 3. The minimum absolute atomic E-state index is 0.130. The van der Waals surface area contributed by atoms with Gasteiger partial charge in [-0.3, -0.25) is 4.79 Å². The predicted molar refractivity (Wildman–Crippen MR) is 108 cm³/mol. The molecule has 1 N–H and O–H groups in total. The normalized spacial score (nSPS) is 13.6. The lowest BCUT2D eigenvalue weighted by molar-refractivity contribution is 0.0950. The number of rotatable bonds is 5. The molecular formula is C22H25N3O3. The highest BCUT2D eigenvalue weighted by atomic mass is 16.5. The molecule has 1 aliphatic heterocycles. The first-order valence-electron chi connectivity index (χ1n) is 9.68. The first-order chi connectivity index (χ1) is 13.7. The van der Waals surface area contributed by atoms with Gasteiger partial charge in [0.15, 0.2) is 0 Å². The zero-order chi connectivity index (χ0) is 19.5. The second-order valence-electron chi connectivity index (χ2n) is 7.05. The Kier molecular flexibility index (Phi) is 5.19. The molecule has 4 rings (SSSR count). The number of aryl methyl sites for hydroxylation is 2. The van der Waals surface area contributed by atoms with Crippen LogP contribution in [0.2, 0.25) is 0 Å². The lowest BCUT2D eigenvalue weighted by atomic mass is 10.1. The van der Waals surface area contributed by atoms with Gasteiger partial charge >= 0.3 is 0 Å². The van der Waals surface area contributed by atoms with Crippen molar-refractivity contribution in [1.82, 2.24) is 14.9 Å². The molecule has 2 aromatic carbocycles. The second-order valence-corrected chi connectivity index (χ2v) is 7.05. The average Bonchev–Trinajstić information content (AvgIpc) is 2.91. The van der Waals surface area contributed by atoms with Crippen LogP contribution in [-0.4, -0.2) is 29.7 Å². The Balaban J connectivity index is 1.53. The molecule has 0 saturated carbocycles. The van der Waals surface area contributed by atoms with Crippen LogP contribution in [0.1, 0.15) is 41.0 Å². The van der Waals surface area contributed by atoms with E-state index in [2.05, 4.69) is 9.88 Å². The summed E-state index contributed by atoms with van der Waals surface area (Å²) in [6.07, 6.45) is 4.62. The van der Waals surface area contributed by atoms with Gasteiger partial charge in [-0.2, -0.15) is 0 Å². The minimum atomic E-state index is -0.130. The van der Waals surface area contributed by atoms with Crippen LogP contribution in [-0.2, 0) is 19.5 Å². The van der Waals surface area contributed by atoms with Gasteiger partial charge in [-0.1, -0.05) is 6.42 Å². The number of methoxy groups -OCH3 is 2. The van der Waals surface area contributed by atoms with E-state index >= 15 is 0 Å². The average molecular weight is 379 g/mol. The smallest absolute Gasteiger partial charge is 0.251 e. The van der Waals surface area contributed by atoms with Crippen LogP contribution in [0.5, 0.6) is 11.5 Å². The van der Waals surface area contributed by atoms with Crippen LogP contribution in [0.3, 0.4) is 0 Å². The van der Waals surface area contributed by atoms with E-state index in [1.165, 1.54) is 19.3 Å². The number of carbonyl (C=O) groups excluding carboxylic acids is 1. The molecule has 1 amide bonds. The maximum absolute atomic E-state index is 12.7. The molecular weight excluding hydrogens is 354 g/mol. The number of ether oxygens (including phenoxy) is 2. The van der Waals surface area contributed by atoms with Gasteiger partial charge in [-0.05, 0) is 49.2 Å². The van der Waals surface area contributed by atoms with Crippen LogP contribution in [0.4, 0.5) is 0 Å². The molecule has 0 aliphatic carbocycles. The second kappa shape index (κ2) is 7.92. The fourth-order valence-corrected chi connectivity index (χ4v) is 3.79. The quantitative estimate of drug-likeness (QED) is 0.734. The van der Waals surface area contributed by atoms with Gasteiger partial charge in [-0.25, -0.2) is 4.98 Å². The number of amides is 1. The molecule has 0 saturated heterocycles.